The largest absolute Gasteiger partial charge is 0.503 e. The molecule has 10 nitrogen and oxygen atoms in total. The van der Waals surface area contributed by atoms with Crippen molar-refractivity contribution in [3.63, 3.8) is 0 Å². The molecule has 2 bridgehead atoms. The highest BCUT2D eigenvalue weighted by Crippen LogP contribution is 2.53. The summed E-state index contributed by atoms with van der Waals surface area (Å²) in [6, 6.07) is 0.887. The van der Waals surface area contributed by atoms with E-state index in [-0.39, 0.29) is 37.0 Å². The molecule has 0 saturated heterocycles. The highest BCUT2D eigenvalue weighted by molar-refractivity contribution is 6.60. The van der Waals surface area contributed by atoms with Gasteiger partial charge in [0.15, 0.2) is 0 Å². The van der Waals surface area contributed by atoms with Crippen LogP contribution in [0.2, 0.25) is 12.1 Å². The van der Waals surface area contributed by atoms with E-state index in [1.807, 2.05) is 0 Å². The van der Waals surface area contributed by atoms with Crippen LogP contribution in [0.4, 0.5) is 0 Å². The van der Waals surface area contributed by atoms with E-state index >= 15 is 0 Å². The number of ether oxygens (including phenoxy) is 2. The lowest BCUT2D eigenvalue weighted by Gasteiger charge is -2.29. The van der Waals surface area contributed by atoms with Gasteiger partial charge in [0.05, 0.1) is 31.1 Å². The Morgan fingerprint density at radius 1 is 0.656 bits per heavy atom. The van der Waals surface area contributed by atoms with Crippen LogP contribution in [0.15, 0.2) is 0 Å². The van der Waals surface area contributed by atoms with Crippen molar-refractivity contribution < 1.29 is 45.6 Å². The Bertz CT molecular complexity index is 595. The fourth-order valence-corrected chi connectivity index (χ4v) is 8.17. The zero-order chi connectivity index (χ0) is 23.8. The predicted octanol–water partition coefficient (Wildman–Crippen LogP) is 1.88. The number of rotatable bonds is 15. The minimum atomic E-state index is -2.82. The van der Waals surface area contributed by atoms with Gasteiger partial charge in [-0.2, -0.15) is 0 Å². The Morgan fingerprint density at radius 3 is 1.50 bits per heavy atom. The van der Waals surface area contributed by atoms with Crippen LogP contribution in [-0.2, 0) is 45.6 Å². The number of esters is 2. The van der Waals surface area contributed by atoms with E-state index in [2.05, 4.69) is 0 Å². The highest BCUT2D eigenvalue weighted by Gasteiger charge is 2.55. The maximum Gasteiger partial charge on any atom is 0.503 e. The molecule has 2 rings (SSSR count). The molecule has 0 aromatic rings. The van der Waals surface area contributed by atoms with Gasteiger partial charge in [0.1, 0.15) is 0 Å². The summed E-state index contributed by atoms with van der Waals surface area (Å²) in [5.41, 5.74) is 0. The molecule has 0 amide bonds. The van der Waals surface area contributed by atoms with Gasteiger partial charge in [-0.25, -0.2) is 0 Å². The smallest absolute Gasteiger partial charge is 0.465 e. The number of carbonyl (C=O) groups excluding carboxylic acids is 2. The molecule has 0 spiro atoms. The summed E-state index contributed by atoms with van der Waals surface area (Å²) in [5, 5.41) is 0. The fraction of sp³-hybridized carbons (Fsp3) is 0.900. The topological polar surface area (TPSA) is 108 Å². The van der Waals surface area contributed by atoms with Crippen molar-refractivity contribution in [2.75, 3.05) is 55.9 Å². The van der Waals surface area contributed by atoms with Gasteiger partial charge in [-0.15, -0.1) is 0 Å². The van der Waals surface area contributed by atoms with E-state index in [4.69, 9.17) is 36.0 Å². The summed E-state index contributed by atoms with van der Waals surface area (Å²) in [6.07, 6.45) is 3.29. The lowest BCUT2D eigenvalue weighted by molar-refractivity contribution is -0.163. The Morgan fingerprint density at radius 2 is 1.06 bits per heavy atom. The molecule has 2 fully saturated rings. The molecule has 4 unspecified atom stereocenters. The minimum absolute atomic E-state index is 0.119. The van der Waals surface area contributed by atoms with Gasteiger partial charge < -0.3 is 36.0 Å². The Hall–Kier alpha value is -0.866. The van der Waals surface area contributed by atoms with Crippen LogP contribution in [0.5, 0.6) is 0 Å². The van der Waals surface area contributed by atoms with Crippen LogP contribution in [0.3, 0.4) is 0 Å². The van der Waals surface area contributed by atoms with Crippen LogP contribution < -0.4 is 0 Å². The first kappa shape index (κ1) is 27.4. The summed E-state index contributed by atoms with van der Waals surface area (Å²) in [5.74, 6) is -1.26. The van der Waals surface area contributed by atoms with Crippen LogP contribution >= 0.6 is 0 Å². The molecule has 0 aromatic carbocycles. The zero-order valence-corrected chi connectivity index (χ0v) is 22.0. The van der Waals surface area contributed by atoms with Crippen LogP contribution in [-0.4, -0.2) is 85.4 Å². The van der Waals surface area contributed by atoms with Gasteiger partial charge in [0, 0.05) is 48.7 Å². The van der Waals surface area contributed by atoms with Crippen LogP contribution in [0, 0.1) is 23.7 Å². The summed E-state index contributed by atoms with van der Waals surface area (Å²) < 4.78 is 43.3. The average molecular weight is 495 g/mol. The first-order chi connectivity index (χ1) is 15.3. The van der Waals surface area contributed by atoms with Gasteiger partial charge in [-0.05, 0) is 37.5 Å². The molecule has 2 saturated carbocycles. The first-order valence-corrected chi connectivity index (χ1v) is 14.8. The molecule has 4 atom stereocenters. The fourth-order valence-electron chi connectivity index (χ4n) is 5.01. The van der Waals surface area contributed by atoms with E-state index in [1.54, 1.807) is 21.3 Å². The molecular formula is C20H38O10Si2. The molecule has 0 aliphatic heterocycles. The van der Waals surface area contributed by atoms with Crippen molar-refractivity contribution in [1.29, 1.82) is 0 Å². The van der Waals surface area contributed by atoms with Crippen molar-refractivity contribution in [3.8, 4) is 0 Å². The quantitative estimate of drug-likeness (QED) is 0.190. The summed E-state index contributed by atoms with van der Waals surface area (Å²) in [6.45, 7) is 0.344. The normalized spacial score (nSPS) is 25.2. The van der Waals surface area contributed by atoms with Gasteiger partial charge in [-0.3, -0.25) is 9.59 Å². The molecule has 32 heavy (non-hydrogen) atoms. The van der Waals surface area contributed by atoms with Gasteiger partial charge in [-0.1, -0.05) is 0 Å². The van der Waals surface area contributed by atoms with Crippen LogP contribution in [0.25, 0.3) is 0 Å². The Balaban J connectivity index is 1.88. The molecule has 2 aliphatic carbocycles. The minimum Gasteiger partial charge on any atom is -0.465 e. The third-order valence-corrected chi connectivity index (χ3v) is 12.4. The van der Waals surface area contributed by atoms with Crippen molar-refractivity contribution >= 4 is 29.5 Å². The number of hydrogen-bond acceptors (Lipinski definition) is 10. The second-order valence-electron chi connectivity index (χ2n) is 8.16. The average Bonchev–Trinajstić information content (AvgIpc) is 3.44. The standard InChI is InChI=1S/C20H38O10Si2/c1-23-31(24-2,25-3)12-7-10-29-19(21)17-15-8-9-16(14-15)18(17)20(22)30-11-13-32(26-4,27-5)28-6/h15-18H,7-14H2,1-6H3. The van der Waals surface area contributed by atoms with E-state index < -0.39 is 29.4 Å². The molecular weight excluding hydrogens is 456 g/mol. The summed E-state index contributed by atoms with van der Waals surface area (Å²) >= 11 is 0. The number of carbonyl (C=O) groups is 2. The van der Waals surface area contributed by atoms with Crippen molar-refractivity contribution in [3.05, 3.63) is 0 Å². The molecule has 0 heterocycles. The van der Waals surface area contributed by atoms with Crippen molar-refractivity contribution in [2.45, 2.75) is 37.8 Å². The predicted molar refractivity (Wildman–Crippen MR) is 118 cm³/mol. The number of hydrogen-bond donors (Lipinski definition) is 0. The molecule has 186 valence electrons. The molecule has 2 aliphatic rings. The third-order valence-electron chi connectivity index (χ3n) is 6.85. The van der Waals surface area contributed by atoms with E-state index in [9.17, 15) is 9.59 Å². The number of fused-ring (bicyclic) bond motifs is 2. The SMILES string of the molecule is CO[Si](CCCOC(=O)C1C2CCC(C2)C1C(=O)OCC[Si](OC)(OC)OC)(OC)OC. The van der Waals surface area contributed by atoms with Crippen LogP contribution in [0.1, 0.15) is 25.7 Å². The van der Waals surface area contributed by atoms with E-state index in [0.29, 0.717) is 18.5 Å². The highest BCUT2D eigenvalue weighted by atomic mass is 28.4. The summed E-state index contributed by atoms with van der Waals surface area (Å²) in [7, 11) is 3.68. The lowest BCUT2D eigenvalue weighted by atomic mass is 9.79. The van der Waals surface area contributed by atoms with Gasteiger partial charge in [0.25, 0.3) is 0 Å². The van der Waals surface area contributed by atoms with Gasteiger partial charge >= 0.3 is 29.5 Å². The second-order valence-corrected chi connectivity index (χ2v) is 14.3. The maximum atomic E-state index is 12.9. The second kappa shape index (κ2) is 12.6. The summed E-state index contributed by atoms with van der Waals surface area (Å²) in [4.78, 5) is 25.8. The molecule has 0 N–H and O–H groups in total. The third kappa shape index (κ3) is 6.17. The lowest BCUT2D eigenvalue weighted by Crippen LogP contribution is -2.44. The zero-order valence-electron chi connectivity index (χ0n) is 20.0. The van der Waals surface area contributed by atoms with Crippen molar-refractivity contribution in [1.82, 2.24) is 0 Å². The first-order valence-electron chi connectivity index (χ1n) is 11.0. The monoisotopic (exact) mass is 494 g/mol. The Kier molecular flexibility index (Phi) is 10.7. The molecule has 12 heteroatoms. The van der Waals surface area contributed by atoms with Crippen molar-refractivity contribution in [2.24, 2.45) is 23.7 Å². The van der Waals surface area contributed by atoms with Gasteiger partial charge in [0.2, 0.25) is 0 Å². The Labute approximate surface area is 192 Å². The maximum absolute atomic E-state index is 12.9. The molecule has 0 aromatic heterocycles. The molecule has 0 radical (unpaired) electrons. The van der Waals surface area contributed by atoms with E-state index in [0.717, 1.165) is 19.3 Å². The van der Waals surface area contributed by atoms with E-state index in [1.165, 1.54) is 21.3 Å².